The topological polar surface area (TPSA) is 63.1 Å². The molecule has 0 spiro atoms. The van der Waals surface area contributed by atoms with E-state index in [1.54, 1.807) is 13.1 Å². The zero-order chi connectivity index (χ0) is 8.72. The van der Waals surface area contributed by atoms with Gasteiger partial charge in [-0.15, -0.1) is 0 Å². The number of hydrogen-bond donors (Lipinski definition) is 1. The minimum Gasteiger partial charge on any atom is -0.246 e. The van der Waals surface area contributed by atoms with Gasteiger partial charge in [0, 0.05) is 0 Å². The van der Waals surface area contributed by atoms with Gasteiger partial charge in [-0.05, 0) is 13.8 Å². The van der Waals surface area contributed by atoms with E-state index in [4.69, 9.17) is 0 Å². The lowest BCUT2D eigenvalue weighted by atomic mass is 10.4. The number of fused-ring (bicyclic) bond motifs is 1. The van der Waals surface area contributed by atoms with E-state index in [-0.39, 0.29) is 5.69 Å². The van der Waals surface area contributed by atoms with Crippen LogP contribution >= 0.6 is 0 Å². The second-order valence-corrected chi connectivity index (χ2v) is 2.64. The first-order valence-electron chi connectivity index (χ1n) is 3.59. The third-order valence-electron chi connectivity index (χ3n) is 1.81. The zero-order valence-electron chi connectivity index (χ0n) is 6.83. The maximum Gasteiger partial charge on any atom is 0.347 e. The molecule has 5 nitrogen and oxygen atoms in total. The van der Waals surface area contributed by atoms with Crippen LogP contribution in [0, 0.1) is 13.8 Å². The highest BCUT2D eigenvalue weighted by Crippen LogP contribution is 2.05. The van der Waals surface area contributed by atoms with Crippen LogP contribution in [0.2, 0.25) is 0 Å². The van der Waals surface area contributed by atoms with Gasteiger partial charge >= 0.3 is 5.69 Å². The molecule has 0 fully saturated rings. The smallest absolute Gasteiger partial charge is 0.246 e. The van der Waals surface area contributed by atoms with Crippen molar-refractivity contribution in [1.29, 1.82) is 0 Å². The van der Waals surface area contributed by atoms with Gasteiger partial charge in [-0.25, -0.2) is 19.3 Å². The van der Waals surface area contributed by atoms with Gasteiger partial charge in [0.05, 0.1) is 17.4 Å². The van der Waals surface area contributed by atoms with Gasteiger partial charge in [-0.3, -0.25) is 0 Å². The molecular formula is C7H8N4O. The molecule has 0 atom stereocenters. The van der Waals surface area contributed by atoms with E-state index < -0.39 is 0 Å². The molecule has 2 aromatic rings. The molecule has 0 amide bonds. The first-order chi connectivity index (χ1) is 5.70. The van der Waals surface area contributed by atoms with Crippen LogP contribution in [-0.2, 0) is 0 Å². The third-order valence-corrected chi connectivity index (χ3v) is 1.81. The van der Waals surface area contributed by atoms with Gasteiger partial charge in [0.25, 0.3) is 0 Å². The van der Waals surface area contributed by atoms with Crippen molar-refractivity contribution in [3.8, 4) is 0 Å². The molecule has 0 aromatic carbocycles. The molecule has 0 aliphatic rings. The summed E-state index contributed by atoms with van der Waals surface area (Å²) in [5.41, 5.74) is 1.34. The number of nitrogens with one attached hydrogen (secondary N) is 1. The number of aromatic amines is 1. The quantitative estimate of drug-likeness (QED) is 0.597. The molecule has 0 saturated carbocycles. The molecule has 2 rings (SSSR count). The highest BCUT2D eigenvalue weighted by atomic mass is 16.1. The van der Waals surface area contributed by atoms with Crippen LogP contribution in [0.15, 0.2) is 11.0 Å². The molecule has 62 valence electrons. The molecule has 0 saturated heterocycles. The van der Waals surface area contributed by atoms with Crippen LogP contribution in [-0.4, -0.2) is 19.6 Å². The first-order valence-corrected chi connectivity index (χ1v) is 3.59. The fourth-order valence-corrected chi connectivity index (χ4v) is 1.29. The molecule has 5 heteroatoms. The van der Waals surface area contributed by atoms with E-state index in [1.165, 1.54) is 4.40 Å². The monoisotopic (exact) mass is 164 g/mol. The Kier molecular flexibility index (Phi) is 1.27. The van der Waals surface area contributed by atoms with Crippen molar-refractivity contribution in [2.75, 3.05) is 0 Å². The van der Waals surface area contributed by atoms with Crippen LogP contribution in [0.3, 0.4) is 0 Å². The van der Waals surface area contributed by atoms with Crippen molar-refractivity contribution in [2.45, 2.75) is 13.8 Å². The molecule has 0 bridgehead atoms. The minimum absolute atomic E-state index is 0.245. The lowest BCUT2D eigenvalue weighted by Gasteiger charge is -1.91. The molecule has 0 aliphatic heterocycles. The van der Waals surface area contributed by atoms with E-state index in [0.717, 1.165) is 11.2 Å². The van der Waals surface area contributed by atoms with E-state index >= 15 is 0 Å². The number of H-pyrrole nitrogens is 1. The Morgan fingerprint density at radius 2 is 2.25 bits per heavy atom. The first kappa shape index (κ1) is 7.02. The lowest BCUT2D eigenvalue weighted by molar-refractivity contribution is 0.861. The summed E-state index contributed by atoms with van der Waals surface area (Å²) in [4.78, 5) is 15.4. The third kappa shape index (κ3) is 0.761. The summed E-state index contributed by atoms with van der Waals surface area (Å²) >= 11 is 0. The predicted octanol–water partition coefficient (Wildman–Crippen LogP) is 0.0344. The number of aromatic nitrogens is 4. The van der Waals surface area contributed by atoms with Crippen molar-refractivity contribution in [2.24, 2.45) is 0 Å². The summed E-state index contributed by atoms with van der Waals surface area (Å²) in [5, 5.41) is 6.03. The Bertz CT molecular complexity index is 482. The second-order valence-electron chi connectivity index (χ2n) is 2.64. The highest BCUT2D eigenvalue weighted by molar-refractivity contribution is 5.49. The number of imidazole rings is 1. The fourth-order valence-electron chi connectivity index (χ4n) is 1.29. The van der Waals surface area contributed by atoms with Gasteiger partial charge in [0.2, 0.25) is 0 Å². The number of aryl methyl sites for hydroxylation is 2. The van der Waals surface area contributed by atoms with Crippen molar-refractivity contribution in [3.63, 3.8) is 0 Å². The Balaban J connectivity index is 3.09. The fraction of sp³-hybridized carbons (Fsp3) is 0.286. The molecule has 12 heavy (non-hydrogen) atoms. The summed E-state index contributed by atoms with van der Waals surface area (Å²) in [6, 6.07) is 0. The molecule has 0 unspecified atom stereocenters. The second kappa shape index (κ2) is 2.17. The zero-order valence-corrected chi connectivity index (χ0v) is 6.83. The molecule has 1 N–H and O–H groups in total. The molecule has 0 aliphatic carbocycles. The lowest BCUT2D eigenvalue weighted by Crippen LogP contribution is -2.17. The summed E-state index contributed by atoms with van der Waals surface area (Å²) in [6.07, 6.45) is 1.59. The number of rotatable bonds is 0. The van der Waals surface area contributed by atoms with Gasteiger partial charge in [-0.2, -0.15) is 5.10 Å². The van der Waals surface area contributed by atoms with Gasteiger partial charge in [0.15, 0.2) is 0 Å². The number of nitrogens with zero attached hydrogens (tertiary/aromatic N) is 3. The van der Waals surface area contributed by atoms with E-state index in [9.17, 15) is 4.79 Å². The predicted molar refractivity (Wildman–Crippen MR) is 43.1 cm³/mol. The Morgan fingerprint density at radius 3 is 2.92 bits per heavy atom. The van der Waals surface area contributed by atoms with Crippen LogP contribution in [0.4, 0.5) is 0 Å². The van der Waals surface area contributed by atoms with Crippen LogP contribution < -0.4 is 5.69 Å². The van der Waals surface area contributed by atoms with E-state index in [1.807, 2.05) is 6.92 Å². The maximum atomic E-state index is 11.2. The van der Waals surface area contributed by atoms with Crippen molar-refractivity contribution in [1.82, 2.24) is 19.6 Å². The van der Waals surface area contributed by atoms with Crippen molar-refractivity contribution in [3.05, 3.63) is 28.2 Å². The SMILES string of the molecule is Cc1nc(C)n2c(=O)[nH]ncc12. The Morgan fingerprint density at radius 1 is 1.50 bits per heavy atom. The van der Waals surface area contributed by atoms with E-state index in [2.05, 4.69) is 15.2 Å². The van der Waals surface area contributed by atoms with Crippen LogP contribution in [0.5, 0.6) is 0 Å². The van der Waals surface area contributed by atoms with Gasteiger partial charge in [0.1, 0.15) is 5.82 Å². The van der Waals surface area contributed by atoms with Crippen LogP contribution in [0.25, 0.3) is 5.52 Å². The normalized spacial score (nSPS) is 10.8. The molecule has 2 heterocycles. The standard InChI is InChI=1S/C7H8N4O/c1-4-6-3-8-10-7(12)11(6)5(2)9-4/h3H,1-2H3,(H,10,12). The number of hydrogen-bond acceptors (Lipinski definition) is 3. The maximum absolute atomic E-state index is 11.2. The van der Waals surface area contributed by atoms with E-state index in [0.29, 0.717) is 5.82 Å². The highest BCUT2D eigenvalue weighted by Gasteiger charge is 2.05. The summed E-state index contributed by atoms with van der Waals surface area (Å²) in [7, 11) is 0. The Hall–Kier alpha value is -1.65. The molecule has 2 aromatic heterocycles. The largest absolute Gasteiger partial charge is 0.347 e. The van der Waals surface area contributed by atoms with Crippen molar-refractivity contribution < 1.29 is 0 Å². The summed E-state index contributed by atoms with van der Waals surface area (Å²) in [6.45, 7) is 3.64. The van der Waals surface area contributed by atoms with Gasteiger partial charge in [-0.1, -0.05) is 0 Å². The van der Waals surface area contributed by atoms with Crippen LogP contribution in [0.1, 0.15) is 11.5 Å². The average Bonchev–Trinajstić information content (AvgIpc) is 2.29. The minimum atomic E-state index is -0.245. The summed E-state index contributed by atoms with van der Waals surface area (Å²) < 4.78 is 1.50. The molecular weight excluding hydrogens is 156 g/mol. The Labute approximate surface area is 68.1 Å². The summed E-state index contributed by atoms with van der Waals surface area (Å²) in [5.74, 6) is 0.686. The average molecular weight is 164 g/mol. The van der Waals surface area contributed by atoms with Gasteiger partial charge < -0.3 is 0 Å². The van der Waals surface area contributed by atoms with Crippen molar-refractivity contribution >= 4 is 5.52 Å². The molecule has 0 radical (unpaired) electrons.